The third kappa shape index (κ3) is 3.02. The summed E-state index contributed by atoms with van der Waals surface area (Å²) in [6, 6.07) is 27.4. The number of nitrogens with zero attached hydrogens (tertiary/aromatic N) is 2. The predicted molar refractivity (Wildman–Crippen MR) is 114 cm³/mol. The molecule has 2 aliphatic heterocycles. The van der Waals surface area contributed by atoms with Crippen LogP contribution in [-0.4, -0.2) is 21.8 Å². The van der Waals surface area contributed by atoms with E-state index in [0.29, 0.717) is 6.42 Å². The molecule has 2 amide bonds. The second-order valence-electron chi connectivity index (χ2n) is 7.44. The minimum Gasteiger partial charge on any atom is -0.273 e. The average Bonchev–Trinajstić information content (AvgIpc) is 3.25. The fourth-order valence-electron chi connectivity index (χ4n) is 4.52. The maximum Gasteiger partial charge on any atom is 0.253 e. The number of hydrogen-bond donors (Lipinski definition) is 0. The van der Waals surface area contributed by atoms with E-state index in [0.717, 1.165) is 21.2 Å². The number of amides is 2. The number of hydrogen-bond acceptors (Lipinski definition) is 3. The van der Waals surface area contributed by atoms with Crippen LogP contribution in [0.3, 0.4) is 0 Å². The van der Waals surface area contributed by atoms with Crippen molar-refractivity contribution in [3.63, 3.8) is 0 Å². The molecule has 4 nitrogen and oxygen atoms in total. The van der Waals surface area contributed by atoms with Gasteiger partial charge in [0.25, 0.3) is 5.91 Å². The van der Waals surface area contributed by atoms with Crippen LogP contribution < -0.4 is 0 Å². The van der Waals surface area contributed by atoms with Gasteiger partial charge in [-0.15, -0.1) is 0 Å². The fourth-order valence-corrected chi connectivity index (χ4v) is 4.79. The van der Waals surface area contributed by atoms with Gasteiger partial charge in [-0.05, 0) is 28.8 Å². The van der Waals surface area contributed by atoms with Crippen LogP contribution in [0.15, 0.2) is 89.4 Å². The molecular weight excluding hydrogens is 428 g/mol. The third-order valence-electron chi connectivity index (χ3n) is 5.78. The lowest BCUT2D eigenvalue weighted by Gasteiger charge is -2.31. The summed E-state index contributed by atoms with van der Waals surface area (Å²) in [5.41, 5.74) is 3.00. The molecule has 2 aliphatic rings. The molecule has 2 heterocycles. The molecule has 5 heteroatoms. The zero-order valence-electron chi connectivity index (χ0n) is 15.6. The molecule has 2 saturated heterocycles. The van der Waals surface area contributed by atoms with Crippen molar-refractivity contribution in [2.75, 3.05) is 0 Å². The molecule has 0 saturated carbocycles. The number of benzene rings is 3. The summed E-state index contributed by atoms with van der Waals surface area (Å²) < 4.78 is 0.982. The lowest BCUT2D eigenvalue weighted by molar-refractivity contribution is -0.150. The number of carbonyl (C=O) groups excluding carboxylic acids is 2. The minimum absolute atomic E-state index is 0.135. The van der Waals surface area contributed by atoms with Gasteiger partial charge in [-0.2, -0.15) is 5.01 Å². The molecule has 29 heavy (non-hydrogen) atoms. The van der Waals surface area contributed by atoms with Crippen molar-refractivity contribution in [1.82, 2.24) is 10.0 Å². The van der Waals surface area contributed by atoms with Gasteiger partial charge >= 0.3 is 0 Å². The second-order valence-corrected chi connectivity index (χ2v) is 8.35. The van der Waals surface area contributed by atoms with Gasteiger partial charge in [-0.3, -0.25) is 9.59 Å². The Morgan fingerprint density at radius 1 is 0.724 bits per heavy atom. The summed E-state index contributed by atoms with van der Waals surface area (Å²) in [6.07, 6.45) is 0.310. The molecule has 2 fully saturated rings. The van der Waals surface area contributed by atoms with E-state index >= 15 is 0 Å². The number of halogens is 1. The Bertz CT molecular complexity index is 1050. The average molecular weight is 447 g/mol. The molecule has 5 rings (SSSR count). The molecule has 0 aliphatic carbocycles. The van der Waals surface area contributed by atoms with Gasteiger partial charge in [0.1, 0.15) is 0 Å². The summed E-state index contributed by atoms with van der Waals surface area (Å²) in [4.78, 5) is 26.4. The van der Waals surface area contributed by atoms with Crippen LogP contribution in [0.2, 0.25) is 0 Å². The first kappa shape index (κ1) is 18.3. The fraction of sp³-hybridized carbons (Fsp3) is 0.167. The zero-order valence-corrected chi connectivity index (χ0v) is 17.2. The monoisotopic (exact) mass is 446 g/mol. The number of fused-ring (bicyclic) bond motifs is 1. The molecule has 0 aromatic heterocycles. The van der Waals surface area contributed by atoms with E-state index in [9.17, 15) is 9.59 Å². The smallest absolute Gasteiger partial charge is 0.253 e. The van der Waals surface area contributed by atoms with E-state index in [1.165, 1.54) is 5.01 Å². The standard InChI is InChI=1S/C24H19BrN2O2/c25-19-13-11-18(12-14-19)23-22(17-9-5-2-6-10-17)24(29)27-21(28)15-20(26(23)27)16-7-3-1-4-8-16/h1-14,20,22-23H,15H2/t20-,22-,23-/m0/s1. The van der Waals surface area contributed by atoms with Crippen molar-refractivity contribution in [2.24, 2.45) is 0 Å². The van der Waals surface area contributed by atoms with Crippen molar-refractivity contribution in [2.45, 2.75) is 24.4 Å². The van der Waals surface area contributed by atoms with Gasteiger partial charge in [0.2, 0.25) is 5.91 Å². The van der Waals surface area contributed by atoms with Crippen LogP contribution in [-0.2, 0) is 9.59 Å². The normalized spacial score (nSPS) is 24.2. The van der Waals surface area contributed by atoms with Crippen molar-refractivity contribution in [3.05, 3.63) is 106 Å². The van der Waals surface area contributed by atoms with Crippen molar-refractivity contribution in [3.8, 4) is 0 Å². The molecule has 3 atom stereocenters. The van der Waals surface area contributed by atoms with Gasteiger partial charge in [0.15, 0.2) is 0 Å². The van der Waals surface area contributed by atoms with Crippen molar-refractivity contribution >= 4 is 27.7 Å². The van der Waals surface area contributed by atoms with E-state index in [2.05, 4.69) is 15.9 Å². The summed E-state index contributed by atoms with van der Waals surface area (Å²) in [7, 11) is 0. The highest BCUT2D eigenvalue weighted by Crippen LogP contribution is 2.52. The molecule has 144 valence electrons. The Kier molecular flexibility index (Phi) is 4.57. The molecular formula is C24H19BrN2O2. The highest BCUT2D eigenvalue weighted by Gasteiger charge is 2.57. The van der Waals surface area contributed by atoms with E-state index in [4.69, 9.17) is 0 Å². The summed E-state index contributed by atoms with van der Waals surface area (Å²) in [5.74, 6) is -0.704. The first-order valence-electron chi connectivity index (χ1n) is 9.65. The van der Waals surface area contributed by atoms with E-state index < -0.39 is 5.92 Å². The summed E-state index contributed by atoms with van der Waals surface area (Å²) in [5, 5.41) is 3.39. The first-order valence-corrected chi connectivity index (χ1v) is 10.4. The highest BCUT2D eigenvalue weighted by molar-refractivity contribution is 9.10. The molecule has 0 radical (unpaired) electrons. The van der Waals surface area contributed by atoms with Crippen molar-refractivity contribution < 1.29 is 9.59 Å². The van der Waals surface area contributed by atoms with Gasteiger partial charge in [0, 0.05) is 4.47 Å². The molecule has 3 aromatic rings. The second kappa shape index (κ2) is 7.25. The minimum atomic E-state index is -0.423. The lowest BCUT2D eigenvalue weighted by Crippen LogP contribution is -2.37. The number of imide groups is 1. The highest BCUT2D eigenvalue weighted by atomic mass is 79.9. The lowest BCUT2D eigenvalue weighted by atomic mass is 9.86. The quantitative estimate of drug-likeness (QED) is 0.531. The van der Waals surface area contributed by atoms with Gasteiger partial charge in [-0.25, -0.2) is 5.01 Å². The van der Waals surface area contributed by atoms with Gasteiger partial charge in [-0.1, -0.05) is 88.7 Å². The van der Waals surface area contributed by atoms with Crippen molar-refractivity contribution in [1.29, 1.82) is 0 Å². The third-order valence-corrected chi connectivity index (χ3v) is 6.31. The topological polar surface area (TPSA) is 40.6 Å². The Labute approximate surface area is 177 Å². The van der Waals surface area contributed by atoms with Gasteiger partial charge < -0.3 is 0 Å². The zero-order chi connectivity index (χ0) is 20.0. The van der Waals surface area contributed by atoms with Crippen LogP contribution in [0, 0.1) is 0 Å². The van der Waals surface area contributed by atoms with Crippen LogP contribution in [0.5, 0.6) is 0 Å². The van der Waals surface area contributed by atoms with Crippen LogP contribution in [0.1, 0.15) is 41.1 Å². The van der Waals surface area contributed by atoms with E-state index in [1.54, 1.807) is 0 Å². The molecule has 0 spiro atoms. The van der Waals surface area contributed by atoms with E-state index in [1.807, 2.05) is 89.9 Å². The summed E-state index contributed by atoms with van der Waals surface area (Å²) >= 11 is 3.50. The molecule has 0 N–H and O–H groups in total. The molecule has 0 unspecified atom stereocenters. The predicted octanol–water partition coefficient (Wildman–Crippen LogP) is 5.00. The molecule has 3 aromatic carbocycles. The van der Waals surface area contributed by atoms with Crippen LogP contribution in [0.4, 0.5) is 0 Å². The maximum atomic E-state index is 13.5. The SMILES string of the molecule is O=C1C[C@@H](c2ccccc2)N2[C@@H](c3ccc(Br)cc3)[C@H](c3ccccc3)C(=O)N12. The maximum absolute atomic E-state index is 13.5. The Hall–Kier alpha value is -2.76. The first-order chi connectivity index (χ1) is 14.1. The number of rotatable bonds is 3. The number of carbonyl (C=O) groups is 2. The molecule has 0 bridgehead atoms. The Morgan fingerprint density at radius 3 is 1.93 bits per heavy atom. The van der Waals surface area contributed by atoms with Crippen LogP contribution >= 0.6 is 15.9 Å². The Morgan fingerprint density at radius 2 is 1.31 bits per heavy atom. The number of hydrazine groups is 1. The van der Waals surface area contributed by atoms with Crippen LogP contribution in [0.25, 0.3) is 0 Å². The summed E-state index contributed by atoms with van der Waals surface area (Å²) in [6.45, 7) is 0. The Balaban J connectivity index is 1.67. The van der Waals surface area contributed by atoms with E-state index in [-0.39, 0.29) is 23.9 Å². The van der Waals surface area contributed by atoms with Gasteiger partial charge in [0.05, 0.1) is 24.4 Å². The largest absolute Gasteiger partial charge is 0.273 e.